The zero-order valence-electron chi connectivity index (χ0n) is 15.0. The molecule has 2 bridgehead atoms. The van der Waals surface area contributed by atoms with E-state index in [4.69, 9.17) is 4.74 Å². The molecular weight excluding hydrogens is 316 g/mol. The van der Waals surface area contributed by atoms with Crippen LogP contribution in [0.1, 0.15) is 42.5 Å². The van der Waals surface area contributed by atoms with Crippen molar-refractivity contribution in [3.63, 3.8) is 0 Å². The second-order valence-corrected chi connectivity index (χ2v) is 7.94. The summed E-state index contributed by atoms with van der Waals surface area (Å²) in [5.74, 6) is 1.95. The van der Waals surface area contributed by atoms with Crippen LogP contribution in [0.15, 0.2) is 18.2 Å². The molecule has 0 aromatic heterocycles. The van der Waals surface area contributed by atoms with E-state index in [1.807, 2.05) is 4.90 Å². The highest BCUT2D eigenvalue weighted by Crippen LogP contribution is 2.34. The highest BCUT2D eigenvalue weighted by atomic mass is 16.5. The lowest BCUT2D eigenvalue weighted by Gasteiger charge is -2.40. The fourth-order valence-electron chi connectivity index (χ4n) is 4.57. The lowest BCUT2D eigenvalue weighted by molar-refractivity contribution is 0.0714. The molecule has 0 radical (unpaired) electrons. The van der Waals surface area contributed by atoms with E-state index in [0.717, 1.165) is 25.6 Å². The summed E-state index contributed by atoms with van der Waals surface area (Å²) in [6, 6.07) is 5.41. The van der Waals surface area contributed by atoms with E-state index >= 15 is 0 Å². The normalized spacial score (nSPS) is 27.0. The first-order valence-corrected chi connectivity index (χ1v) is 9.54. The minimum Gasteiger partial charge on any atom is -0.507 e. The van der Waals surface area contributed by atoms with E-state index in [9.17, 15) is 9.90 Å². The second-order valence-electron chi connectivity index (χ2n) is 7.94. The van der Waals surface area contributed by atoms with Gasteiger partial charge >= 0.3 is 0 Å². The summed E-state index contributed by atoms with van der Waals surface area (Å²) >= 11 is 0. The van der Waals surface area contributed by atoms with Crippen molar-refractivity contribution in [1.29, 1.82) is 0 Å². The minimum absolute atomic E-state index is 0.00673. The molecule has 136 valence electrons. The molecule has 4 aliphatic rings. The van der Waals surface area contributed by atoms with Gasteiger partial charge in [0.05, 0.1) is 12.7 Å². The Balaban J connectivity index is 1.48. The Morgan fingerprint density at radius 1 is 1.20 bits per heavy atom. The van der Waals surface area contributed by atoms with Crippen LogP contribution < -0.4 is 4.74 Å². The third-order valence-electron chi connectivity index (χ3n) is 6.27. The first-order chi connectivity index (χ1) is 12.1. The Morgan fingerprint density at radius 3 is 2.72 bits per heavy atom. The fourth-order valence-corrected chi connectivity index (χ4v) is 4.57. The number of hydrogen-bond donors (Lipinski definition) is 1. The van der Waals surface area contributed by atoms with E-state index in [2.05, 4.69) is 4.90 Å². The number of fused-ring (bicyclic) bond motifs is 4. The van der Waals surface area contributed by atoms with Crippen LogP contribution in [0.25, 0.3) is 0 Å². The van der Waals surface area contributed by atoms with Gasteiger partial charge in [-0.05, 0) is 49.7 Å². The first kappa shape index (κ1) is 16.7. The first-order valence-electron chi connectivity index (χ1n) is 9.54. The Hall–Kier alpha value is -1.75. The molecule has 4 fully saturated rings. The van der Waals surface area contributed by atoms with Gasteiger partial charge in [0, 0.05) is 38.3 Å². The van der Waals surface area contributed by atoms with E-state index in [0.29, 0.717) is 23.3 Å². The van der Waals surface area contributed by atoms with Gasteiger partial charge in [0.25, 0.3) is 5.91 Å². The van der Waals surface area contributed by atoms with E-state index in [1.54, 1.807) is 19.2 Å². The molecule has 0 spiro atoms. The van der Waals surface area contributed by atoms with Crippen LogP contribution in [0.2, 0.25) is 0 Å². The third-order valence-corrected chi connectivity index (χ3v) is 6.27. The number of aromatic hydroxyl groups is 1. The van der Waals surface area contributed by atoms with E-state index in [-0.39, 0.29) is 11.7 Å². The van der Waals surface area contributed by atoms with E-state index in [1.165, 1.54) is 44.7 Å². The number of carbonyl (C=O) groups excluding carboxylic acids is 1. The van der Waals surface area contributed by atoms with Gasteiger partial charge in [-0.2, -0.15) is 0 Å². The number of hydrogen-bond acceptors (Lipinski definition) is 4. The molecule has 3 saturated heterocycles. The average Bonchev–Trinajstić information content (AvgIpc) is 2.89. The molecule has 5 heteroatoms. The maximum absolute atomic E-state index is 13.0. The lowest BCUT2D eigenvalue weighted by Crippen LogP contribution is -2.47. The third kappa shape index (κ3) is 3.34. The van der Waals surface area contributed by atoms with E-state index < -0.39 is 0 Å². The summed E-state index contributed by atoms with van der Waals surface area (Å²) in [6.07, 6.45) is 6.53. The van der Waals surface area contributed by atoms with Crippen molar-refractivity contribution in [2.75, 3.05) is 33.3 Å². The molecule has 1 amide bonds. The quantitative estimate of drug-likeness (QED) is 0.912. The topological polar surface area (TPSA) is 53.0 Å². The van der Waals surface area contributed by atoms with Gasteiger partial charge in [0.15, 0.2) is 0 Å². The molecule has 1 aromatic carbocycles. The summed E-state index contributed by atoms with van der Waals surface area (Å²) in [4.78, 5) is 17.6. The fraction of sp³-hybridized carbons (Fsp3) is 0.650. The number of nitrogens with zero attached hydrogens (tertiary/aromatic N) is 2. The molecule has 5 rings (SSSR count). The van der Waals surface area contributed by atoms with Crippen LogP contribution in [0, 0.1) is 11.8 Å². The van der Waals surface area contributed by atoms with Gasteiger partial charge < -0.3 is 14.7 Å². The second kappa shape index (κ2) is 6.87. The smallest absolute Gasteiger partial charge is 0.257 e. The molecule has 0 unspecified atom stereocenters. The highest BCUT2D eigenvalue weighted by Gasteiger charge is 2.38. The monoisotopic (exact) mass is 344 g/mol. The van der Waals surface area contributed by atoms with Gasteiger partial charge in [-0.3, -0.25) is 9.69 Å². The van der Waals surface area contributed by atoms with Gasteiger partial charge in [-0.25, -0.2) is 0 Å². The van der Waals surface area contributed by atoms with Crippen molar-refractivity contribution in [2.45, 2.75) is 38.1 Å². The standard InChI is InChI=1S/C20H28N2O3/c1-25-17-7-8-18(19(23)9-17)20(24)22-12-15-5-6-16(13-22)21(11-15)10-14-3-2-4-14/h7-9,14-16,23H,2-6,10-13H2,1H3/t15-,16-/m1/s1. The molecular formula is C20H28N2O3. The van der Waals surface area contributed by atoms with Crippen molar-refractivity contribution >= 4 is 5.91 Å². The molecule has 1 aromatic rings. The number of methoxy groups -OCH3 is 1. The molecule has 2 atom stereocenters. The Kier molecular flexibility index (Phi) is 4.59. The van der Waals surface area contributed by atoms with Gasteiger partial charge in [0.2, 0.25) is 0 Å². The number of phenolic OH excluding ortho intramolecular Hbond substituents is 1. The zero-order chi connectivity index (χ0) is 17.4. The van der Waals surface area contributed by atoms with Crippen LogP contribution in [-0.4, -0.2) is 60.1 Å². The van der Waals surface area contributed by atoms with Crippen molar-refractivity contribution in [1.82, 2.24) is 9.80 Å². The number of carbonyl (C=O) groups is 1. The number of piperidine rings is 1. The predicted molar refractivity (Wildman–Crippen MR) is 96.0 cm³/mol. The number of rotatable bonds is 4. The maximum Gasteiger partial charge on any atom is 0.257 e. The SMILES string of the molecule is COc1ccc(C(=O)N2C[C@@H]3CC[C@H](C2)N(CC2CCC2)C3)c(O)c1. The summed E-state index contributed by atoms with van der Waals surface area (Å²) in [5.41, 5.74) is 0.382. The Labute approximate surface area is 149 Å². The van der Waals surface area contributed by atoms with Crippen LogP contribution in [0.5, 0.6) is 11.5 Å². The summed E-state index contributed by atoms with van der Waals surface area (Å²) in [6.45, 7) is 3.92. The van der Waals surface area contributed by atoms with Gasteiger partial charge in [-0.1, -0.05) is 6.42 Å². The maximum atomic E-state index is 13.0. The van der Waals surface area contributed by atoms with Crippen LogP contribution in [0.3, 0.4) is 0 Å². The van der Waals surface area contributed by atoms with Crippen molar-refractivity contribution < 1.29 is 14.6 Å². The predicted octanol–water partition coefficient (Wildman–Crippen LogP) is 2.74. The number of amides is 1. The summed E-state index contributed by atoms with van der Waals surface area (Å²) in [7, 11) is 1.56. The zero-order valence-corrected chi connectivity index (χ0v) is 15.0. The van der Waals surface area contributed by atoms with Crippen LogP contribution in [-0.2, 0) is 0 Å². The van der Waals surface area contributed by atoms with Crippen molar-refractivity contribution in [2.24, 2.45) is 11.8 Å². The molecule has 1 N–H and O–H groups in total. The minimum atomic E-state index is -0.0532. The average molecular weight is 344 g/mol. The Morgan fingerprint density at radius 2 is 2.04 bits per heavy atom. The molecule has 1 aliphatic carbocycles. The molecule has 3 heterocycles. The molecule has 25 heavy (non-hydrogen) atoms. The number of benzene rings is 1. The molecule has 5 nitrogen and oxygen atoms in total. The molecule has 3 aliphatic heterocycles. The molecule has 1 saturated carbocycles. The van der Waals surface area contributed by atoms with Crippen molar-refractivity contribution in [3.8, 4) is 11.5 Å². The lowest BCUT2D eigenvalue weighted by atomic mass is 9.83. The van der Waals surface area contributed by atoms with Gasteiger partial charge in [0.1, 0.15) is 11.5 Å². The van der Waals surface area contributed by atoms with Gasteiger partial charge in [-0.15, -0.1) is 0 Å². The summed E-state index contributed by atoms with van der Waals surface area (Å²) < 4.78 is 5.11. The number of phenols is 1. The largest absolute Gasteiger partial charge is 0.507 e. The highest BCUT2D eigenvalue weighted by molar-refractivity contribution is 5.97. The number of ether oxygens (including phenoxy) is 1. The van der Waals surface area contributed by atoms with Crippen molar-refractivity contribution in [3.05, 3.63) is 23.8 Å². The van der Waals surface area contributed by atoms with Crippen LogP contribution in [0.4, 0.5) is 0 Å². The van der Waals surface area contributed by atoms with Crippen LogP contribution >= 0.6 is 0 Å². The Bertz CT molecular complexity index is 644. The summed E-state index contributed by atoms with van der Waals surface area (Å²) in [5, 5.41) is 10.2.